The van der Waals surface area contributed by atoms with Gasteiger partial charge in [-0.25, -0.2) is 5.84 Å². The van der Waals surface area contributed by atoms with E-state index in [1.165, 1.54) is 5.56 Å². The van der Waals surface area contributed by atoms with Gasteiger partial charge in [0.2, 0.25) is 0 Å². The van der Waals surface area contributed by atoms with Crippen LogP contribution in [0, 0.1) is 0 Å². The van der Waals surface area contributed by atoms with Crippen molar-refractivity contribution >= 4 is 5.84 Å². The first-order valence-electron chi connectivity index (χ1n) is 5.30. The van der Waals surface area contributed by atoms with Gasteiger partial charge in [0.1, 0.15) is 5.84 Å². The molecule has 0 aliphatic rings. The van der Waals surface area contributed by atoms with Gasteiger partial charge in [0.05, 0.1) is 0 Å². The van der Waals surface area contributed by atoms with Crippen molar-refractivity contribution in [2.24, 2.45) is 10.8 Å². The van der Waals surface area contributed by atoms with E-state index < -0.39 is 0 Å². The summed E-state index contributed by atoms with van der Waals surface area (Å²) in [6, 6.07) is 8.32. The highest BCUT2D eigenvalue weighted by atomic mass is 15.2. The number of amidine groups is 1. The average Bonchev–Trinajstić information content (AvgIpc) is 2.26. The SMILES string of the molecule is CCN=C(NN)c1ccc(C(C)C)cc1. The fourth-order valence-electron chi connectivity index (χ4n) is 1.40. The molecule has 0 spiro atoms. The molecule has 1 aromatic rings. The Balaban J connectivity index is 2.92. The highest BCUT2D eigenvalue weighted by Crippen LogP contribution is 2.14. The van der Waals surface area contributed by atoms with Crippen molar-refractivity contribution < 1.29 is 0 Å². The lowest BCUT2D eigenvalue weighted by Gasteiger charge is -2.08. The van der Waals surface area contributed by atoms with E-state index in [4.69, 9.17) is 5.84 Å². The third-order valence-corrected chi connectivity index (χ3v) is 2.30. The van der Waals surface area contributed by atoms with E-state index in [0.717, 1.165) is 17.9 Å². The van der Waals surface area contributed by atoms with Crippen molar-refractivity contribution in [3.05, 3.63) is 35.4 Å². The second kappa shape index (κ2) is 5.51. The first kappa shape index (κ1) is 11.7. The minimum Gasteiger partial charge on any atom is -0.308 e. The molecular formula is C12H19N3. The van der Waals surface area contributed by atoms with Crippen LogP contribution < -0.4 is 11.3 Å². The molecule has 0 saturated heterocycles. The zero-order chi connectivity index (χ0) is 11.3. The molecule has 1 aromatic carbocycles. The van der Waals surface area contributed by atoms with Crippen LogP contribution in [0.4, 0.5) is 0 Å². The van der Waals surface area contributed by atoms with Crippen LogP contribution in [0.25, 0.3) is 0 Å². The molecule has 3 N–H and O–H groups in total. The minimum atomic E-state index is 0.552. The average molecular weight is 205 g/mol. The van der Waals surface area contributed by atoms with Gasteiger partial charge in [-0.05, 0) is 18.4 Å². The first-order chi connectivity index (χ1) is 7.19. The maximum Gasteiger partial charge on any atom is 0.142 e. The monoisotopic (exact) mass is 205 g/mol. The number of hydrogen-bond donors (Lipinski definition) is 2. The molecule has 0 amide bonds. The molecule has 0 atom stereocenters. The highest BCUT2D eigenvalue weighted by molar-refractivity contribution is 5.98. The summed E-state index contributed by atoms with van der Waals surface area (Å²) >= 11 is 0. The summed E-state index contributed by atoms with van der Waals surface area (Å²) in [5, 5.41) is 0. The van der Waals surface area contributed by atoms with Gasteiger partial charge in [-0.2, -0.15) is 0 Å². The molecule has 82 valence electrons. The molecule has 3 heteroatoms. The summed E-state index contributed by atoms with van der Waals surface area (Å²) in [6.07, 6.45) is 0. The Kier molecular flexibility index (Phi) is 4.31. The Morgan fingerprint density at radius 2 is 1.93 bits per heavy atom. The van der Waals surface area contributed by atoms with Crippen LogP contribution in [-0.4, -0.2) is 12.4 Å². The molecule has 15 heavy (non-hydrogen) atoms. The Morgan fingerprint density at radius 1 is 1.33 bits per heavy atom. The fraction of sp³-hybridized carbons (Fsp3) is 0.417. The molecule has 0 aromatic heterocycles. The van der Waals surface area contributed by atoms with Crippen LogP contribution >= 0.6 is 0 Å². The zero-order valence-electron chi connectivity index (χ0n) is 9.62. The van der Waals surface area contributed by atoms with Gasteiger partial charge in [-0.15, -0.1) is 0 Å². The summed E-state index contributed by atoms with van der Waals surface area (Å²) in [5.74, 6) is 6.70. The third kappa shape index (κ3) is 3.06. The van der Waals surface area contributed by atoms with E-state index in [1.54, 1.807) is 0 Å². The van der Waals surface area contributed by atoms with Crippen LogP contribution in [0.1, 0.15) is 37.8 Å². The molecular weight excluding hydrogens is 186 g/mol. The van der Waals surface area contributed by atoms with Crippen LogP contribution in [-0.2, 0) is 0 Å². The van der Waals surface area contributed by atoms with Crippen LogP contribution in [0.3, 0.4) is 0 Å². The largest absolute Gasteiger partial charge is 0.308 e. The van der Waals surface area contributed by atoms with Gasteiger partial charge in [0.15, 0.2) is 0 Å². The number of nitrogens with one attached hydrogen (secondary N) is 1. The number of aliphatic imine (C=N–C) groups is 1. The van der Waals surface area contributed by atoms with Gasteiger partial charge >= 0.3 is 0 Å². The van der Waals surface area contributed by atoms with E-state index in [2.05, 4.69) is 36.4 Å². The Hall–Kier alpha value is -1.35. The molecule has 0 fully saturated rings. The number of hydrazine groups is 1. The van der Waals surface area contributed by atoms with Crippen LogP contribution in [0.5, 0.6) is 0 Å². The van der Waals surface area contributed by atoms with Crippen molar-refractivity contribution in [2.45, 2.75) is 26.7 Å². The Morgan fingerprint density at radius 3 is 2.33 bits per heavy atom. The highest BCUT2D eigenvalue weighted by Gasteiger charge is 2.02. The fourth-order valence-corrected chi connectivity index (χ4v) is 1.40. The van der Waals surface area contributed by atoms with Gasteiger partial charge in [0, 0.05) is 12.1 Å². The van der Waals surface area contributed by atoms with E-state index in [1.807, 2.05) is 19.1 Å². The van der Waals surface area contributed by atoms with Crippen molar-refractivity contribution in [1.82, 2.24) is 5.43 Å². The lowest BCUT2D eigenvalue weighted by atomic mass is 10.0. The summed E-state index contributed by atoms with van der Waals surface area (Å²) in [4.78, 5) is 4.27. The van der Waals surface area contributed by atoms with Crippen molar-refractivity contribution in [3.63, 3.8) is 0 Å². The summed E-state index contributed by atoms with van der Waals surface area (Å²) in [7, 11) is 0. The zero-order valence-corrected chi connectivity index (χ0v) is 9.62. The minimum absolute atomic E-state index is 0.552. The summed E-state index contributed by atoms with van der Waals surface area (Å²) in [5.41, 5.74) is 4.97. The second-order valence-corrected chi connectivity index (χ2v) is 3.74. The topological polar surface area (TPSA) is 50.4 Å². The number of hydrogen-bond acceptors (Lipinski definition) is 2. The summed E-state index contributed by atoms with van der Waals surface area (Å²) < 4.78 is 0. The summed E-state index contributed by atoms with van der Waals surface area (Å²) in [6.45, 7) is 7.07. The molecule has 3 nitrogen and oxygen atoms in total. The normalized spacial score (nSPS) is 11.9. The number of nitrogens with zero attached hydrogens (tertiary/aromatic N) is 1. The van der Waals surface area contributed by atoms with Gasteiger partial charge < -0.3 is 5.43 Å². The van der Waals surface area contributed by atoms with Gasteiger partial charge in [0.25, 0.3) is 0 Å². The molecule has 1 rings (SSSR count). The lowest BCUT2D eigenvalue weighted by molar-refractivity contribution is 0.866. The smallest absolute Gasteiger partial charge is 0.142 e. The first-order valence-corrected chi connectivity index (χ1v) is 5.30. The molecule has 0 aliphatic heterocycles. The van der Waals surface area contributed by atoms with Crippen molar-refractivity contribution in [1.29, 1.82) is 0 Å². The van der Waals surface area contributed by atoms with E-state index in [9.17, 15) is 0 Å². The maximum absolute atomic E-state index is 5.41. The molecule has 0 aliphatic carbocycles. The van der Waals surface area contributed by atoms with E-state index >= 15 is 0 Å². The third-order valence-electron chi connectivity index (χ3n) is 2.30. The molecule has 0 radical (unpaired) electrons. The number of benzene rings is 1. The number of nitrogens with two attached hydrogens (primary N) is 1. The van der Waals surface area contributed by atoms with Crippen LogP contribution in [0.15, 0.2) is 29.3 Å². The molecule has 0 heterocycles. The van der Waals surface area contributed by atoms with Crippen LogP contribution in [0.2, 0.25) is 0 Å². The Bertz CT molecular complexity index is 325. The van der Waals surface area contributed by atoms with Crippen molar-refractivity contribution in [3.8, 4) is 0 Å². The van der Waals surface area contributed by atoms with E-state index in [0.29, 0.717) is 5.92 Å². The van der Waals surface area contributed by atoms with Crippen molar-refractivity contribution in [2.75, 3.05) is 6.54 Å². The van der Waals surface area contributed by atoms with Gasteiger partial charge in [-0.1, -0.05) is 38.1 Å². The number of rotatable bonds is 3. The van der Waals surface area contributed by atoms with Gasteiger partial charge in [-0.3, -0.25) is 4.99 Å². The predicted octanol–water partition coefficient (Wildman–Crippen LogP) is 2.04. The maximum atomic E-state index is 5.41. The molecule has 0 saturated carbocycles. The Labute approximate surface area is 91.4 Å². The predicted molar refractivity (Wildman–Crippen MR) is 64.9 cm³/mol. The quantitative estimate of drug-likeness (QED) is 0.343. The van der Waals surface area contributed by atoms with E-state index in [-0.39, 0.29) is 0 Å². The standard InChI is InChI=1S/C12H19N3/c1-4-14-12(15-13)11-7-5-10(6-8-11)9(2)3/h5-9H,4,13H2,1-3H3,(H,14,15). The second-order valence-electron chi connectivity index (χ2n) is 3.74. The lowest BCUT2D eigenvalue weighted by Crippen LogP contribution is -2.31. The molecule has 0 bridgehead atoms. The molecule has 0 unspecified atom stereocenters.